The van der Waals surface area contributed by atoms with Crippen molar-refractivity contribution in [3.63, 3.8) is 0 Å². The summed E-state index contributed by atoms with van der Waals surface area (Å²) in [5.74, 6) is -0.904. The first-order valence-electron chi connectivity index (χ1n) is 5.71. The second-order valence-electron chi connectivity index (χ2n) is 4.16. The lowest BCUT2D eigenvalue weighted by atomic mass is 10.1. The number of likely N-dealkylation sites (N-methyl/N-ethyl adjacent to an activating group) is 1. The summed E-state index contributed by atoms with van der Waals surface area (Å²) in [6, 6.07) is 9.26. The number of hydrogen-bond donors (Lipinski definition) is 0. The molecule has 19 heavy (non-hydrogen) atoms. The smallest absolute Gasteiger partial charge is 0.299 e. The number of rotatable bonds is 2. The maximum Gasteiger partial charge on any atom is 0.299 e. The number of hydrogen-bond acceptors (Lipinski definition) is 4. The van der Waals surface area contributed by atoms with E-state index in [0.29, 0.717) is 11.3 Å². The van der Waals surface area contributed by atoms with Gasteiger partial charge in [0.25, 0.3) is 11.7 Å². The number of nitrogens with zero attached hydrogens (tertiary/aromatic N) is 2. The van der Waals surface area contributed by atoms with Crippen LogP contribution in [0.3, 0.4) is 0 Å². The third kappa shape index (κ3) is 2.02. The molecule has 0 aliphatic carbocycles. The molecule has 5 heteroatoms. The molecule has 0 spiro atoms. The standard InChI is InChI=1S/C14H10N2O2S/c1-16-12-8-10(19-9-4-6-15-7-5-9)2-3-11(12)13(17)14(16)18/h2-8H,1H3. The van der Waals surface area contributed by atoms with E-state index in [1.54, 1.807) is 37.3 Å². The number of amides is 1. The Bertz CT molecular complexity index is 670. The second kappa shape index (κ2) is 4.51. The lowest BCUT2D eigenvalue weighted by molar-refractivity contribution is -0.114. The third-order valence-corrected chi connectivity index (χ3v) is 3.96. The second-order valence-corrected chi connectivity index (χ2v) is 5.30. The molecule has 0 saturated heterocycles. The van der Waals surface area contributed by atoms with Crippen molar-refractivity contribution in [3.8, 4) is 0 Å². The number of aromatic nitrogens is 1. The lowest BCUT2D eigenvalue weighted by Crippen LogP contribution is -2.24. The number of carbonyl (C=O) groups is 2. The first-order chi connectivity index (χ1) is 9.16. The Morgan fingerprint density at radius 2 is 1.79 bits per heavy atom. The van der Waals surface area contributed by atoms with E-state index in [1.165, 1.54) is 4.90 Å². The van der Waals surface area contributed by atoms with Gasteiger partial charge in [0.15, 0.2) is 0 Å². The average molecular weight is 270 g/mol. The molecule has 0 saturated carbocycles. The highest BCUT2D eigenvalue weighted by Gasteiger charge is 2.33. The van der Waals surface area contributed by atoms with Crippen molar-refractivity contribution in [1.82, 2.24) is 4.98 Å². The van der Waals surface area contributed by atoms with Crippen LogP contribution in [0.25, 0.3) is 0 Å². The summed E-state index contributed by atoms with van der Waals surface area (Å²) < 4.78 is 0. The minimum atomic E-state index is -0.471. The van der Waals surface area contributed by atoms with Gasteiger partial charge in [0.05, 0.1) is 11.3 Å². The van der Waals surface area contributed by atoms with Crippen LogP contribution in [-0.2, 0) is 4.79 Å². The predicted molar refractivity (Wildman–Crippen MR) is 72.5 cm³/mol. The topological polar surface area (TPSA) is 50.3 Å². The summed E-state index contributed by atoms with van der Waals surface area (Å²) in [6.07, 6.45) is 3.46. The highest BCUT2D eigenvalue weighted by molar-refractivity contribution is 7.99. The van der Waals surface area contributed by atoms with Crippen molar-refractivity contribution in [1.29, 1.82) is 0 Å². The molecule has 1 aliphatic rings. The molecule has 1 amide bonds. The van der Waals surface area contributed by atoms with E-state index in [1.807, 2.05) is 24.3 Å². The van der Waals surface area contributed by atoms with Gasteiger partial charge >= 0.3 is 0 Å². The number of Topliss-reactive ketones (excluding diaryl/α,β-unsaturated/α-hetero) is 1. The number of pyridine rings is 1. The van der Waals surface area contributed by atoms with Gasteiger partial charge in [-0.3, -0.25) is 14.6 Å². The van der Waals surface area contributed by atoms with Gasteiger partial charge < -0.3 is 4.90 Å². The zero-order chi connectivity index (χ0) is 13.4. The maximum absolute atomic E-state index is 11.7. The number of carbonyl (C=O) groups excluding carboxylic acids is 2. The molecule has 0 unspecified atom stereocenters. The van der Waals surface area contributed by atoms with Crippen LogP contribution in [0.4, 0.5) is 5.69 Å². The molecule has 1 aliphatic heterocycles. The molecule has 2 aromatic rings. The van der Waals surface area contributed by atoms with Gasteiger partial charge in [-0.05, 0) is 30.3 Å². The van der Waals surface area contributed by atoms with E-state index in [4.69, 9.17) is 0 Å². The normalized spacial score (nSPS) is 13.8. The molecular weight excluding hydrogens is 260 g/mol. The first-order valence-corrected chi connectivity index (χ1v) is 6.53. The summed E-state index contributed by atoms with van der Waals surface area (Å²) >= 11 is 1.57. The molecule has 1 aromatic carbocycles. The minimum Gasteiger partial charge on any atom is -0.308 e. The van der Waals surface area contributed by atoms with Crippen molar-refractivity contribution in [2.45, 2.75) is 9.79 Å². The first kappa shape index (κ1) is 11.9. The summed E-state index contributed by atoms with van der Waals surface area (Å²) in [6.45, 7) is 0. The van der Waals surface area contributed by atoms with Crippen LogP contribution in [0, 0.1) is 0 Å². The zero-order valence-electron chi connectivity index (χ0n) is 10.2. The van der Waals surface area contributed by atoms with E-state index in [-0.39, 0.29) is 0 Å². The Balaban J connectivity index is 1.95. The van der Waals surface area contributed by atoms with Crippen LogP contribution >= 0.6 is 11.8 Å². The summed E-state index contributed by atoms with van der Waals surface area (Å²) in [7, 11) is 1.62. The van der Waals surface area contributed by atoms with E-state index < -0.39 is 11.7 Å². The third-order valence-electron chi connectivity index (χ3n) is 2.96. The van der Waals surface area contributed by atoms with Crippen molar-refractivity contribution in [2.75, 3.05) is 11.9 Å². The molecule has 0 radical (unpaired) electrons. The minimum absolute atomic E-state index is 0.432. The quantitative estimate of drug-likeness (QED) is 0.786. The van der Waals surface area contributed by atoms with Gasteiger partial charge in [0.1, 0.15) is 0 Å². The number of ketones is 1. The summed E-state index contributed by atoms with van der Waals surface area (Å²) in [5.41, 5.74) is 1.15. The van der Waals surface area contributed by atoms with E-state index in [2.05, 4.69) is 4.98 Å². The van der Waals surface area contributed by atoms with E-state index in [0.717, 1.165) is 9.79 Å². The van der Waals surface area contributed by atoms with Gasteiger partial charge in [-0.15, -0.1) is 0 Å². The fourth-order valence-corrected chi connectivity index (χ4v) is 2.80. The SMILES string of the molecule is CN1C(=O)C(=O)c2ccc(Sc3ccncc3)cc21. The van der Waals surface area contributed by atoms with Crippen molar-refractivity contribution < 1.29 is 9.59 Å². The zero-order valence-corrected chi connectivity index (χ0v) is 11.0. The molecule has 0 bridgehead atoms. The van der Waals surface area contributed by atoms with Crippen LogP contribution < -0.4 is 4.90 Å². The Morgan fingerprint density at radius 3 is 2.53 bits per heavy atom. The average Bonchev–Trinajstić information content (AvgIpc) is 2.65. The largest absolute Gasteiger partial charge is 0.308 e. The molecule has 0 fully saturated rings. The number of benzene rings is 1. The maximum atomic E-state index is 11.7. The van der Waals surface area contributed by atoms with Gasteiger partial charge in [0, 0.05) is 29.2 Å². The van der Waals surface area contributed by atoms with Crippen LogP contribution in [0.15, 0.2) is 52.5 Å². The van der Waals surface area contributed by atoms with E-state index >= 15 is 0 Å². The molecule has 0 N–H and O–H groups in total. The lowest BCUT2D eigenvalue weighted by Gasteiger charge is -2.10. The van der Waals surface area contributed by atoms with Crippen LogP contribution in [-0.4, -0.2) is 23.7 Å². The molecule has 0 atom stereocenters. The Kier molecular flexibility index (Phi) is 2.83. The van der Waals surface area contributed by atoms with E-state index in [9.17, 15) is 9.59 Å². The molecule has 94 valence electrons. The van der Waals surface area contributed by atoms with Gasteiger partial charge in [-0.1, -0.05) is 11.8 Å². The monoisotopic (exact) mass is 270 g/mol. The fraction of sp³-hybridized carbons (Fsp3) is 0.0714. The number of anilines is 1. The Morgan fingerprint density at radius 1 is 1.05 bits per heavy atom. The number of fused-ring (bicyclic) bond motifs is 1. The molecule has 2 heterocycles. The van der Waals surface area contributed by atoms with Crippen LogP contribution in [0.1, 0.15) is 10.4 Å². The van der Waals surface area contributed by atoms with Crippen molar-refractivity contribution >= 4 is 29.1 Å². The van der Waals surface area contributed by atoms with Gasteiger partial charge in [0.2, 0.25) is 0 Å². The van der Waals surface area contributed by atoms with Gasteiger partial charge in [-0.2, -0.15) is 0 Å². The van der Waals surface area contributed by atoms with Crippen molar-refractivity contribution in [3.05, 3.63) is 48.3 Å². The highest BCUT2D eigenvalue weighted by Crippen LogP contribution is 2.34. The van der Waals surface area contributed by atoms with Gasteiger partial charge in [-0.25, -0.2) is 0 Å². The Labute approximate surface area is 114 Å². The molecule has 4 nitrogen and oxygen atoms in total. The predicted octanol–water partition coefficient (Wildman–Crippen LogP) is 2.39. The molecule has 1 aromatic heterocycles. The summed E-state index contributed by atoms with van der Waals surface area (Å²) in [4.78, 5) is 30.7. The van der Waals surface area contributed by atoms with Crippen molar-refractivity contribution in [2.24, 2.45) is 0 Å². The molecular formula is C14H10N2O2S. The fourth-order valence-electron chi connectivity index (χ4n) is 1.96. The summed E-state index contributed by atoms with van der Waals surface area (Å²) in [5, 5.41) is 0. The van der Waals surface area contributed by atoms with Crippen LogP contribution in [0.2, 0.25) is 0 Å². The van der Waals surface area contributed by atoms with Crippen LogP contribution in [0.5, 0.6) is 0 Å². The molecule has 3 rings (SSSR count). The Hall–Kier alpha value is -2.14. The highest BCUT2D eigenvalue weighted by atomic mass is 32.2.